The summed E-state index contributed by atoms with van der Waals surface area (Å²) in [4.78, 5) is 27.9. The largest absolute Gasteiger partial charge is 0.381 e. The van der Waals surface area contributed by atoms with Crippen molar-refractivity contribution < 1.29 is 17.9 Å². The first-order valence-corrected chi connectivity index (χ1v) is 13.4. The van der Waals surface area contributed by atoms with Crippen LogP contribution >= 0.6 is 0 Å². The van der Waals surface area contributed by atoms with Gasteiger partial charge >= 0.3 is 0 Å². The minimum atomic E-state index is -3.06. The lowest BCUT2D eigenvalue weighted by molar-refractivity contribution is 0.0607. The maximum Gasteiger partial charge on any atom is 0.273 e. The monoisotopic (exact) mass is 477 g/mol. The van der Waals surface area contributed by atoms with E-state index in [1.54, 1.807) is 13.2 Å². The molecule has 1 aliphatic heterocycles. The molecule has 0 aromatic carbocycles. The molecule has 0 aliphatic carbocycles. The smallest absolute Gasteiger partial charge is 0.273 e. The minimum absolute atomic E-state index is 0.0382. The van der Waals surface area contributed by atoms with E-state index in [4.69, 9.17) is 9.72 Å². The van der Waals surface area contributed by atoms with E-state index < -0.39 is 9.84 Å². The van der Waals surface area contributed by atoms with Crippen molar-refractivity contribution in [3.8, 4) is 11.4 Å². The summed E-state index contributed by atoms with van der Waals surface area (Å²) in [6, 6.07) is 0. The van der Waals surface area contributed by atoms with Gasteiger partial charge in [-0.2, -0.15) is 0 Å². The highest BCUT2D eigenvalue weighted by molar-refractivity contribution is 7.90. The summed E-state index contributed by atoms with van der Waals surface area (Å²) in [5.74, 6) is 1.26. The first-order valence-electron chi connectivity index (χ1n) is 11.3. The van der Waals surface area contributed by atoms with Gasteiger partial charge in [0.2, 0.25) is 0 Å². The predicted octanol–water partition coefficient (Wildman–Crippen LogP) is 2.57. The van der Waals surface area contributed by atoms with Crippen molar-refractivity contribution >= 4 is 15.7 Å². The van der Waals surface area contributed by atoms with E-state index in [0.717, 1.165) is 38.4 Å². The number of ether oxygens (including phenoxy) is 1. The van der Waals surface area contributed by atoms with Crippen molar-refractivity contribution in [2.24, 2.45) is 5.92 Å². The molecule has 182 valence electrons. The second kappa shape index (κ2) is 10.3. The number of carbonyl (C=O) groups is 1. The topological polar surface area (TPSA) is 107 Å². The molecule has 1 amide bonds. The van der Waals surface area contributed by atoms with E-state index in [9.17, 15) is 13.2 Å². The SMILES string of the molecule is CN(CCCS(C)(=O)=O)C(=O)c1cncc(-c2cn(CC3CCOCC3)c(C(C)(C)C)n2)n1. The van der Waals surface area contributed by atoms with Crippen molar-refractivity contribution in [3.05, 3.63) is 30.1 Å². The molecule has 0 atom stereocenters. The molecule has 3 rings (SSSR count). The van der Waals surface area contributed by atoms with Gasteiger partial charge in [-0.1, -0.05) is 20.8 Å². The van der Waals surface area contributed by atoms with Crippen molar-refractivity contribution in [1.82, 2.24) is 24.4 Å². The molecule has 1 aliphatic rings. The first kappa shape index (κ1) is 25.3. The van der Waals surface area contributed by atoms with Crippen LogP contribution in [0.5, 0.6) is 0 Å². The molecule has 10 heteroatoms. The van der Waals surface area contributed by atoms with Gasteiger partial charge in [0.1, 0.15) is 32.7 Å². The Kier molecular flexibility index (Phi) is 7.89. The molecule has 9 nitrogen and oxygen atoms in total. The summed E-state index contributed by atoms with van der Waals surface area (Å²) in [7, 11) is -1.42. The van der Waals surface area contributed by atoms with Gasteiger partial charge in [0, 0.05) is 51.2 Å². The zero-order valence-electron chi connectivity index (χ0n) is 20.2. The van der Waals surface area contributed by atoms with E-state index in [1.165, 1.54) is 17.4 Å². The van der Waals surface area contributed by atoms with Crippen LogP contribution in [0.2, 0.25) is 0 Å². The maximum absolute atomic E-state index is 12.8. The molecule has 2 aromatic heterocycles. The lowest BCUT2D eigenvalue weighted by Gasteiger charge is -2.25. The van der Waals surface area contributed by atoms with Crippen LogP contribution in [0.4, 0.5) is 0 Å². The Morgan fingerprint density at radius 2 is 1.88 bits per heavy atom. The number of hydrogen-bond donors (Lipinski definition) is 0. The van der Waals surface area contributed by atoms with Crippen LogP contribution in [-0.4, -0.2) is 77.6 Å². The van der Waals surface area contributed by atoms with E-state index in [1.807, 2.05) is 6.20 Å². The Morgan fingerprint density at radius 3 is 2.52 bits per heavy atom. The Bertz CT molecular complexity index is 1070. The van der Waals surface area contributed by atoms with E-state index >= 15 is 0 Å². The van der Waals surface area contributed by atoms with E-state index in [2.05, 4.69) is 35.3 Å². The molecular formula is C23H35N5O4S. The van der Waals surface area contributed by atoms with Crippen molar-refractivity contribution in [2.45, 2.75) is 52.0 Å². The molecule has 0 unspecified atom stereocenters. The average Bonchev–Trinajstić information content (AvgIpc) is 3.17. The van der Waals surface area contributed by atoms with Gasteiger partial charge in [-0.3, -0.25) is 9.78 Å². The molecule has 2 aromatic rings. The van der Waals surface area contributed by atoms with Crippen LogP contribution in [-0.2, 0) is 26.5 Å². The number of imidazole rings is 1. The fourth-order valence-electron chi connectivity index (χ4n) is 3.94. The second-order valence-corrected chi connectivity index (χ2v) is 12.2. The highest BCUT2D eigenvalue weighted by atomic mass is 32.2. The summed E-state index contributed by atoms with van der Waals surface area (Å²) < 4.78 is 30.4. The van der Waals surface area contributed by atoms with Gasteiger partial charge in [-0.05, 0) is 25.2 Å². The van der Waals surface area contributed by atoms with Crippen molar-refractivity contribution in [3.63, 3.8) is 0 Å². The third-order valence-corrected chi connectivity index (χ3v) is 6.74. The standard InChI is InChI=1S/C23H35N5O4S/c1-23(2,3)22-26-20(16-28(22)15-17-7-10-32-11-8-17)18-13-24-14-19(25-18)21(29)27(4)9-6-12-33(5,30)31/h13-14,16-17H,6-12,15H2,1-5H3. The lowest BCUT2D eigenvalue weighted by Crippen LogP contribution is -2.29. The van der Waals surface area contributed by atoms with Crippen LogP contribution in [0.15, 0.2) is 18.6 Å². The van der Waals surface area contributed by atoms with Crippen LogP contribution in [0.25, 0.3) is 11.4 Å². The zero-order chi connectivity index (χ0) is 24.2. The Morgan fingerprint density at radius 1 is 1.18 bits per heavy atom. The quantitative estimate of drug-likeness (QED) is 0.575. The van der Waals surface area contributed by atoms with Crippen LogP contribution in [0, 0.1) is 5.92 Å². The molecule has 0 N–H and O–H groups in total. The number of nitrogens with zero attached hydrogens (tertiary/aromatic N) is 5. The average molecular weight is 478 g/mol. The van der Waals surface area contributed by atoms with Crippen LogP contribution < -0.4 is 0 Å². The minimum Gasteiger partial charge on any atom is -0.381 e. The molecule has 3 heterocycles. The lowest BCUT2D eigenvalue weighted by atomic mass is 9.94. The van der Waals surface area contributed by atoms with Gasteiger partial charge < -0.3 is 14.2 Å². The van der Waals surface area contributed by atoms with Gasteiger partial charge in [-0.15, -0.1) is 0 Å². The molecular weight excluding hydrogens is 442 g/mol. The van der Waals surface area contributed by atoms with Gasteiger partial charge in [0.15, 0.2) is 0 Å². The third-order valence-electron chi connectivity index (χ3n) is 5.71. The number of rotatable bonds is 8. The Hall–Kier alpha value is -2.33. The summed E-state index contributed by atoms with van der Waals surface area (Å²) in [5, 5.41) is 0. The molecule has 1 fully saturated rings. The number of aromatic nitrogens is 4. The fourth-order valence-corrected chi connectivity index (χ4v) is 4.59. The Labute approximate surface area is 196 Å². The van der Waals surface area contributed by atoms with Crippen LogP contribution in [0.1, 0.15) is 56.3 Å². The predicted molar refractivity (Wildman–Crippen MR) is 127 cm³/mol. The van der Waals surface area contributed by atoms with Crippen molar-refractivity contribution in [1.29, 1.82) is 0 Å². The summed E-state index contributed by atoms with van der Waals surface area (Å²) >= 11 is 0. The molecule has 0 saturated carbocycles. The highest BCUT2D eigenvalue weighted by Gasteiger charge is 2.25. The zero-order valence-corrected chi connectivity index (χ0v) is 21.1. The fraction of sp³-hybridized carbons (Fsp3) is 0.652. The summed E-state index contributed by atoms with van der Waals surface area (Å²) in [6.45, 7) is 9.20. The molecule has 33 heavy (non-hydrogen) atoms. The normalized spacial score (nSPS) is 15.5. The number of sulfone groups is 1. The summed E-state index contributed by atoms with van der Waals surface area (Å²) in [5.41, 5.74) is 1.30. The molecule has 1 saturated heterocycles. The number of hydrogen-bond acceptors (Lipinski definition) is 7. The van der Waals surface area contributed by atoms with E-state index in [-0.39, 0.29) is 22.8 Å². The number of amides is 1. The number of carbonyl (C=O) groups excluding carboxylic acids is 1. The second-order valence-electron chi connectivity index (χ2n) is 9.91. The Balaban J connectivity index is 1.80. The summed E-state index contributed by atoms with van der Waals surface area (Å²) in [6.07, 6.45) is 8.69. The molecule has 0 radical (unpaired) electrons. The molecule has 0 spiro atoms. The molecule has 0 bridgehead atoms. The highest BCUT2D eigenvalue weighted by Crippen LogP contribution is 2.28. The van der Waals surface area contributed by atoms with Crippen molar-refractivity contribution in [2.75, 3.05) is 38.8 Å². The van der Waals surface area contributed by atoms with Gasteiger partial charge in [-0.25, -0.2) is 18.4 Å². The van der Waals surface area contributed by atoms with E-state index in [0.29, 0.717) is 30.3 Å². The van der Waals surface area contributed by atoms with Gasteiger partial charge in [0.25, 0.3) is 5.91 Å². The van der Waals surface area contributed by atoms with Gasteiger partial charge in [0.05, 0.1) is 18.1 Å². The third kappa shape index (κ3) is 7.07. The van der Waals surface area contributed by atoms with Crippen LogP contribution in [0.3, 0.4) is 0 Å². The first-order chi connectivity index (χ1) is 15.4. The maximum atomic E-state index is 12.8.